The standard InChI is InChI=1S/C13H21N3O3S/c1-12(2,3)10-9(20-16-15-10)11(19)14-13(4,5)7-6-8(17)18/h6-7H2,1-5H3,(H,14,19)(H,17,18). The summed E-state index contributed by atoms with van der Waals surface area (Å²) in [5, 5.41) is 15.6. The minimum absolute atomic E-state index is 0.0142. The second-order valence-electron chi connectivity index (χ2n) is 6.43. The van der Waals surface area contributed by atoms with Crippen molar-refractivity contribution in [2.45, 2.75) is 58.4 Å². The van der Waals surface area contributed by atoms with Crippen LogP contribution in [0.15, 0.2) is 0 Å². The molecule has 0 aromatic carbocycles. The van der Waals surface area contributed by atoms with Crippen LogP contribution < -0.4 is 5.32 Å². The zero-order valence-electron chi connectivity index (χ0n) is 12.5. The Morgan fingerprint density at radius 1 is 1.25 bits per heavy atom. The van der Waals surface area contributed by atoms with Gasteiger partial charge in [0.1, 0.15) is 4.88 Å². The highest BCUT2D eigenvalue weighted by Gasteiger charge is 2.29. The number of aliphatic carboxylic acids is 1. The highest BCUT2D eigenvalue weighted by atomic mass is 32.1. The maximum atomic E-state index is 12.3. The fourth-order valence-electron chi connectivity index (χ4n) is 1.68. The molecule has 2 N–H and O–H groups in total. The second kappa shape index (κ2) is 5.87. The molecular formula is C13H21N3O3S. The van der Waals surface area contributed by atoms with Crippen LogP contribution in [0.3, 0.4) is 0 Å². The Morgan fingerprint density at radius 3 is 2.35 bits per heavy atom. The molecule has 0 unspecified atom stereocenters. The number of hydrogen-bond donors (Lipinski definition) is 2. The number of aromatic nitrogens is 2. The van der Waals surface area contributed by atoms with Gasteiger partial charge in [0.25, 0.3) is 5.91 Å². The van der Waals surface area contributed by atoms with E-state index >= 15 is 0 Å². The van der Waals surface area contributed by atoms with Gasteiger partial charge in [0.05, 0.1) is 5.69 Å². The number of carboxylic acids is 1. The lowest BCUT2D eigenvalue weighted by molar-refractivity contribution is -0.137. The van der Waals surface area contributed by atoms with Crippen molar-refractivity contribution >= 4 is 23.4 Å². The molecule has 7 heteroatoms. The molecule has 6 nitrogen and oxygen atoms in total. The molecule has 0 saturated carbocycles. The molecule has 1 amide bonds. The molecule has 0 spiro atoms. The van der Waals surface area contributed by atoms with Gasteiger partial charge in [-0.2, -0.15) is 0 Å². The Kier molecular flexibility index (Phi) is 4.86. The fourth-order valence-corrected chi connectivity index (χ4v) is 2.45. The second-order valence-corrected chi connectivity index (χ2v) is 7.19. The number of carbonyl (C=O) groups is 2. The summed E-state index contributed by atoms with van der Waals surface area (Å²) >= 11 is 1.06. The molecule has 0 bridgehead atoms. The van der Waals surface area contributed by atoms with Crippen molar-refractivity contribution < 1.29 is 14.7 Å². The first-order chi connectivity index (χ1) is 9.03. The van der Waals surface area contributed by atoms with Gasteiger partial charge in [0, 0.05) is 17.4 Å². The molecule has 0 fully saturated rings. The van der Waals surface area contributed by atoms with E-state index in [0.717, 1.165) is 11.5 Å². The molecule has 0 aliphatic carbocycles. The Morgan fingerprint density at radius 2 is 1.85 bits per heavy atom. The van der Waals surface area contributed by atoms with Crippen LogP contribution in [-0.2, 0) is 10.2 Å². The van der Waals surface area contributed by atoms with Gasteiger partial charge in [-0.15, -0.1) is 5.10 Å². The van der Waals surface area contributed by atoms with E-state index in [-0.39, 0.29) is 17.7 Å². The van der Waals surface area contributed by atoms with Gasteiger partial charge in [-0.25, -0.2) is 0 Å². The topological polar surface area (TPSA) is 92.2 Å². The Bertz CT molecular complexity index is 503. The SMILES string of the molecule is CC(C)(CCC(=O)O)NC(=O)c1snnc1C(C)(C)C. The molecule has 20 heavy (non-hydrogen) atoms. The third-order valence-corrected chi connectivity index (χ3v) is 3.55. The summed E-state index contributed by atoms with van der Waals surface area (Å²) < 4.78 is 3.85. The molecule has 0 atom stereocenters. The van der Waals surface area contributed by atoms with Crippen molar-refractivity contribution in [1.82, 2.24) is 14.9 Å². The molecular weight excluding hydrogens is 278 g/mol. The van der Waals surface area contributed by atoms with Gasteiger partial charge in [-0.3, -0.25) is 9.59 Å². The number of nitrogens with zero attached hydrogens (tertiary/aromatic N) is 2. The van der Waals surface area contributed by atoms with Crippen molar-refractivity contribution in [1.29, 1.82) is 0 Å². The van der Waals surface area contributed by atoms with Crippen LogP contribution in [0.5, 0.6) is 0 Å². The molecule has 1 rings (SSSR count). The highest BCUT2D eigenvalue weighted by molar-refractivity contribution is 7.08. The zero-order chi connectivity index (χ0) is 15.6. The summed E-state index contributed by atoms with van der Waals surface area (Å²) in [6.07, 6.45) is 0.380. The zero-order valence-corrected chi connectivity index (χ0v) is 13.3. The average Bonchev–Trinajstić information content (AvgIpc) is 2.74. The number of amides is 1. The van der Waals surface area contributed by atoms with Crippen molar-refractivity contribution in [3.8, 4) is 0 Å². The lowest BCUT2D eigenvalue weighted by Crippen LogP contribution is -2.44. The van der Waals surface area contributed by atoms with Crippen molar-refractivity contribution in [2.75, 3.05) is 0 Å². The number of carboxylic acid groups (broad SMARTS) is 1. The maximum absolute atomic E-state index is 12.3. The largest absolute Gasteiger partial charge is 0.481 e. The van der Waals surface area contributed by atoms with E-state index in [9.17, 15) is 9.59 Å². The van der Waals surface area contributed by atoms with Gasteiger partial charge in [-0.1, -0.05) is 25.3 Å². The van der Waals surface area contributed by atoms with Crippen LogP contribution in [0.25, 0.3) is 0 Å². The average molecular weight is 299 g/mol. The monoisotopic (exact) mass is 299 g/mol. The number of nitrogens with one attached hydrogen (secondary N) is 1. The van der Waals surface area contributed by atoms with E-state index in [1.165, 1.54) is 0 Å². The van der Waals surface area contributed by atoms with Gasteiger partial charge in [0.15, 0.2) is 0 Å². The highest BCUT2D eigenvalue weighted by Crippen LogP contribution is 2.26. The van der Waals surface area contributed by atoms with Crippen molar-refractivity contribution in [2.24, 2.45) is 0 Å². The smallest absolute Gasteiger partial charge is 0.303 e. The van der Waals surface area contributed by atoms with Crippen molar-refractivity contribution in [3.63, 3.8) is 0 Å². The Labute approximate surface area is 122 Å². The van der Waals surface area contributed by atoms with Crippen LogP contribution in [0.2, 0.25) is 0 Å². The lowest BCUT2D eigenvalue weighted by Gasteiger charge is -2.26. The quantitative estimate of drug-likeness (QED) is 0.869. The summed E-state index contributed by atoms with van der Waals surface area (Å²) in [5.74, 6) is -1.12. The number of hydrogen-bond acceptors (Lipinski definition) is 5. The molecule has 1 aromatic heterocycles. The third-order valence-electron chi connectivity index (χ3n) is 2.82. The first-order valence-electron chi connectivity index (χ1n) is 6.40. The van der Waals surface area contributed by atoms with E-state index < -0.39 is 11.5 Å². The van der Waals surface area contributed by atoms with Gasteiger partial charge < -0.3 is 10.4 Å². The van der Waals surface area contributed by atoms with Crippen LogP contribution in [0.4, 0.5) is 0 Å². The minimum atomic E-state index is -0.873. The number of rotatable bonds is 5. The van der Waals surface area contributed by atoms with E-state index in [1.807, 2.05) is 20.8 Å². The van der Waals surface area contributed by atoms with E-state index in [1.54, 1.807) is 13.8 Å². The summed E-state index contributed by atoms with van der Waals surface area (Å²) in [7, 11) is 0. The van der Waals surface area contributed by atoms with E-state index in [4.69, 9.17) is 5.11 Å². The molecule has 0 aliphatic rings. The van der Waals surface area contributed by atoms with Crippen LogP contribution >= 0.6 is 11.5 Å². The minimum Gasteiger partial charge on any atom is -0.481 e. The summed E-state index contributed by atoms with van der Waals surface area (Å²) in [6.45, 7) is 9.51. The fraction of sp³-hybridized carbons (Fsp3) is 0.692. The number of carbonyl (C=O) groups excluding carboxylic acids is 1. The first kappa shape index (κ1) is 16.6. The maximum Gasteiger partial charge on any atom is 0.303 e. The molecule has 0 radical (unpaired) electrons. The predicted molar refractivity (Wildman–Crippen MR) is 77.0 cm³/mol. The predicted octanol–water partition coefficient (Wildman–Crippen LogP) is 2.21. The molecule has 112 valence electrons. The summed E-state index contributed by atoms with van der Waals surface area (Å²) in [5.41, 5.74) is -0.187. The third kappa shape index (κ3) is 4.56. The molecule has 0 saturated heterocycles. The summed E-state index contributed by atoms with van der Waals surface area (Å²) in [6, 6.07) is 0. The van der Waals surface area contributed by atoms with Gasteiger partial charge >= 0.3 is 5.97 Å². The van der Waals surface area contributed by atoms with Crippen molar-refractivity contribution in [3.05, 3.63) is 10.6 Å². The molecule has 1 aromatic rings. The molecule has 1 heterocycles. The first-order valence-corrected chi connectivity index (χ1v) is 7.17. The summed E-state index contributed by atoms with van der Waals surface area (Å²) in [4.78, 5) is 23.4. The lowest BCUT2D eigenvalue weighted by atomic mass is 9.91. The van der Waals surface area contributed by atoms with Gasteiger partial charge in [0.2, 0.25) is 0 Å². The normalized spacial score (nSPS) is 12.2. The van der Waals surface area contributed by atoms with Crippen LogP contribution in [0.1, 0.15) is 62.8 Å². The van der Waals surface area contributed by atoms with Crippen LogP contribution in [0, 0.1) is 0 Å². The Balaban J connectivity index is 2.82. The Hall–Kier alpha value is -1.50. The van der Waals surface area contributed by atoms with Gasteiger partial charge in [-0.05, 0) is 31.8 Å². The van der Waals surface area contributed by atoms with E-state index in [0.29, 0.717) is 17.0 Å². The van der Waals surface area contributed by atoms with Crippen LogP contribution in [-0.4, -0.2) is 32.1 Å². The molecule has 0 aliphatic heterocycles. The van der Waals surface area contributed by atoms with E-state index in [2.05, 4.69) is 14.9 Å².